The quantitative estimate of drug-likeness (QED) is 0.212. The van der Waals surface area contributed by atoms with Gasteiger partial charge in [0.1, 0.15) is 22.9 Å². The fourth-order valence-corrected chi connectivity index (χ4v) is 9.48. The summed E-state index contributed by atoms with van der Waals surface area (Å²) in [5.74, 6) is 1.08. The Morgan fingerprint density at radius 1 is 1.28 bits per heavy atom. The number of aromatic amines is 1. The third-order valence-corrected chi connectivity index (χ3v) is 11.7. The van der Waals surface area contributed by atoms with Gasteiger partial charge in [-0.05, 0) is 74.8 Å². The molecular formula is C34H35ClFN7O3S. The number of rotatable bonds is 6. The van der Waals surface area contributed by atoms with Gasteiger partial charge in [-0.15, -0.1) is 11.3 Å². The van der Waals surface area contributed by atoms with Crippen LogP contribution in [-0.2, 0) is 4.74 Å². The number of thiophene rings is 1. The zero-order valence-corrected chi connectivity index (χ0v) is 27.6. The minimum atomic E-state index is -1.07. The van der Waals surface area contributed by atoms with Crippen LogP contribution in [0.25, 0.3) is 42.5 Å². The molecule has 2 N–H and O–H groups in total. The molecule has 0 radical (unpaired) electrons. The average molecular weight is 676 g/mol. The number of β-amino-alcohol motifs (C(OH)–C–C–N with tert-alkyl or cyclic N) is 1. The molecule has 2 atom stereocenters. The van der Waals surface area contributed by atoms with E-state index in [1.165, 1.54) is 0 Å². The van der Waals surface area contributed by atoms with Gasteiger partial charge in [-0.3, -0.25) is 15.0 Å². The number of aliphatic hydroxyl groups is 1. The van der Waals surface area contributed by atoms with Crippen molar-refractivity contribution < 1.29 is 19.0 Å². The van der Waals surface area contributed by atoms with Crippen molar-refractivity contribution in [3.05, 3.63) is 47.0 Å². The number of halogens is 2. The fraction of sp³-hybridized carbons (Fsp3) is 0.471. The molecule has 7 heterocycles. The summed E-state index contributed by atoms with van der Waals surface area (Å²) >= 11 is 8.50. The van der Waals surface area contributed by atoms with E-state index >= 15 is 0 Å². The Morgan fingerprint density at radius 3 is 3.02 bits per heavy atom. The molecule has 4 fully saturated rings. The number of fused-ring (bicyclic) bond motifs is 5. The Bertz CT molecular complexity index is 2080. The maximum absolute atomic E-state index is 13.6. The number of hydrogen-bond donors (Lipinski definition) is 2. The number of ether oxygens (including phenoxy) is 2. The van der Waals surface area contributed by atoms with E-state index in [4.69, 9.17) is 36.0 Å². The van der Waals surface area contributed by atoms with Crippen LogP contribution >= 0.6 is 22.9 Å². The lowest BCUT2D eigenvalue weighted by molar-refractivity contribution is -0.0123. The molecule has 244 valence electrons. The predicted octanol–water partition coefficient (Wildman–Crippen LogP) is 6.37. The van der Waals surface area contributed by atoms with Gasteiger partial charge in [0.15, 0.2) is 0 Å². The summed E-state index contributed by atoms with van der Waals surface area (Å²) in [6, 6.07) is 4.26. The first kappa shape index (κ1) is 29.7. The first-order valence-corrected chi connectivity index (χ1v) is 17.5. The summed E-state index contributed by atoms with van der Waals surface area (Å²) in [6.07, 6.45) is 9.27. The second-order valence-electron chi connectivity index (χ2n) is 13.9. The van der Waals surface area contributed by atoms with Crippen LogP contribution in [0.1, 0.15) is 50.5 Å². The molecule has 0 amide bonds. The number of aromatic nitrogens is 5. The van der Waals surface area contributed by atoms with Crippen LogP contribution in [-0.4, -0.2) is 92.3 Å². The van der Waals surface area contributed by atoms with E-state index in [2.05, 4.69) is 20.0 Å². The Kier molecular flexibility index (Phi) is 6.99. The summed E-state index contributed by atoms with van der Waals surface area (Å²) in [6.45, 7) is 5.30. The molecule has 1 aliphatic carbocycles. The van der Waals surface area contributed by atoms with Crippen molar-refractivity contribution in [3.8, 4) is 17.3 Å². The molecule has 4 aromatic heterocycles. The predicted molar refractivity (Wildman–Crippen MR) is 181 cm³/mol. The Balaban J connectivity index is 1.22. The highest BCUT2D eigenvalue weighted by atomic mass is 35.5. The largest absolute Gasteiger partial charge is 0.461 e. The topological polar surface area (TPSA) is 113 Å². The maximum Gasteiger partial charge on any atom is 0.319 e. The summed E-state index contributed by atoms with van der Waals surface area (Å²) in [5.41, 5.74) is 3.33. The van der Waals surface area contributed by atoms with Crippen LogP contribution in [0.4, 0.5) is 10.2 Å². The smallest absolute Gasteiger partial charge is 0.319 e. The molecule has 1 aromatic carbocycles. The Hall–Kier alpha value is -3.42. The molecule has 9 rings (SSSR count). The first-order chi connectivity index (χ1) is 22.8. The van der Waals surface area contributed by atoms with Gasteiger partial charge in [0, 0.05) is 40.6 Å². The lowest BCUT2D eigenvalue weighted by Crippen LogP contribution is -2.43. The van der Waals surface area contributed by atoms with Crippen LogP contribution in [0.2, 0.25) is 5.02 Å². The number of hydrogen-bond acceptors (Lipinski definition) is 10. The van der Waals surface area contributed by atoms with Gasteiger partial charge in [-0.2, -0.15) is 15.1 Å². The highest BCUT2D eigenvalue weighted by molar-refractivity contribution is 7.26. The monoisotopic (exact) mass is 675 g/mol. The molecule has 10 nitrogen and oxygen atoms in total. The van der Waals surface area contributed by atoms with Crippen molar-refractivity contribution in [1.29, 1.82) is 0 Å². The second kappa shape index (κ2) is 11.1. The van der Waals surface area contributed by atoms with Crippen molar-refractivity contribution in [2.75, 3.05) is 50.9 Å². The molecule has 4 aliphatic rings. The highest BCUT2D eigenvalue weighted by Gasteiger charge is 2.47. The second-order valence-corrected chi connectivity index (χ2v) is 15.3. The zero-order valence-electron chi connectivity index (χ0n) is 26.1. The molecule has 0 bridgehead atoms. The van der Waals surface area contributed by atoms with E-state index in [9.17, 15) is 9.50 Å². The van der Waals surface area contributed by atoms with E-state index in [0.717, 1.165) is 97.2 Å². The van der Waals surface area contributed by atoms with E-state index in [0.29, 0.717) is 51.0 Å². The summed E-state index contributed by atoms with van der Waals surface area (Å²) in [5, 5.41) is 22.2. The Labute approximate surface area is 279 Å². The van der Waals surface area contributed by atoms with Crippen LogP contribution in [0.3, 0.4) is 0 Å². The lowest BCUT2D eigenvalue weighted by atomic mass is 9.94. The molecule has 3 saturated heterocycles. The zero-order chi connectivity index (χ0) is 31.9. The average Bonchev–Trinajstić information content (AvgIpc) is 3.35. The van der Waals surface area contributed by atoms with Gasteiger partial charge in [0.05, 0.1) is 59.1 Å². The number of pyridine rings is 1. The summed E-state index contributed by atoms with van der Waals surface area (Å²) in [7, 11) is 0. The number of benzene rings is 1. The molecule has 0 unspecified atom stereocenters. The van der Waals surface area contributed by atoms with E-state index < -0.39 is 5.60 Å². The number of nitrogens with one attached hydrogen (secondary N) is 1. The van der Waals surface area contributed by atoms with Crippen molar-refractivity contribution in [1.82, 2.24) is 30.0 Å². The lowest BCUT2D eigenvalue weighted by Gasteiger charge is -2.31. The molecule has 47 heavy (non-hydrogen) atoms. The minimum absolute atomic E-state index is 0.238. The van der Waals surface area contributed by atoms with Crippen LogP contribution in [0.5, 0.6) is 6.01 Å². The third kappa shape index (κ3) is 4.99. The van der Waals surface area contributed by atoms with Gasteiger partial charge in [-0.25, -0.2) is 4.39 Å². The van der Waals surface area contributed by atoms with Crippen LogP contribution < -0.4 is 9.64 Å². The van der Waals surface area contributed by atoms with Gasteiger partial charge < -0.3 is 19.5 Å². The Morgan fingerprint density at radius 2 is 2.17 bits per heavy atom. The SMILES string of the molecule is C[C@@]1(O)COCCN(c2nc(OC[C@@]34CCCN3C/C(=C\F)C4)nc3sc4c(-c5c(C6CC6)c(Cl)cc6[nH]ncc56)nccc4c23)C1. The van der Waals surface area contributed by atoms with E-state index in [1.807, 2.05) is 24.5 Å². The molecular weight excluding hydrogens is 641 g/mol. The van der Waals surface area contributed by atoms with E-state index in [-0.39, 0.29) is 18.2 Å². The highest BCUT2D eigenvalue weighted by Crippen LogP contribution is 2.52. The summed E-state index contributed by atoms with van der Waals surface area (Å²) in [4.78, 5) is 20.2. The van der Waals surface area contributed by atoms with Crippen molar-refractivity contribution in [2.45, 2.75) is 56.1 Å². The fourth-order valence-electron chi connectivity index (χ4n) is 7.97. The molecule has 13 heteroatoms. The van der Waals surface area contributed by atoms with Gasteiger partial charge >= 0.3 is 6.01 Å². The van der Waals surface area contributed by atoms with Gasteiger partial charge in [-0.1, -0.05) is 11.6 Å². The van der Waals surface area contributed by atoms with Crippen molar-refractivity contribution >= 4 is 60.0 Å². The number of anilines is 1. The van der Waals surface area contributed by atoms with Crippen LogP contribution in [0, 0.1) is 0 Å². The van der Waals surface area contributed by atoms with Crippen molar-refractivity contribution in [3.63, 3.8) is 0 Å². The molecule has 5 aromatic rings. The minimum Gasteiger partial charge on any atom is -0.461 e. The number of H-pyrrole nitrogens is 1. The van der Waals surface area contributed by atoms with E-state index in [1.54, 1.807) is 18.3 Å². The van der Waals surface area contributed by atoms with Gasteiger partial charge in [0.25, 0.3) is 0 Å². The molecule has 1 saturated carbocycles. The first-order valence-electron chi connectivity index (χ1n) is 16.3. The van der Waals surface area contributed by atoms with Crippen molar-refractivity contribution in [2.24, 2.45) is 0 Å². The molecule has 3 aliphatic heterocycles. The molecule has 0 spiro atoms. The van der Waals surface area contributed by atoms with Gasteiger partial charge in [0.2, 0.25) is 0 Å². The third-order valence-electron chi connectivity index (χ3n) is 10.2. The standard InChI is InChI=1S/C34H35ClFN7O3S/c1-33(44)16-42(9-10-45-17-33)30-27-21-5-7-37-28(26-22-14-38-41-24(22)11-23(35)25(26)20-3-4-20)29(21)47-31(27)40-32(39-30)46-18-34-6-2-8-43(34)15-19(12-34)13-36/h5,7,11,13-14,20,44H,2-4,6,8-10,12,15-18H2,1H3,(H,38,41)/b19-13-/t33-,34-/m0/s1. The normalized spacial score (nSPS) is 26.2. The number of nitrogens with zero attached hydrogens (tertiary/aromatic N) is 6. The maximum atomic E-state index is 13.6. The summed E-state index contributed by atoms with van der Waals surface area (Å²) < 4.78 is 26.8. The van der Waals surface area contributed by atoms with Crippen LogP contribution in [0.15, 0.2) is 36.4 Å².